The van der Waals surface area contributed by atoms with Gasteiger partial charge >= 0.3 is 0 Å². The number of imidazole rings is 1. The molecular formula is C28H28ClFN6O2. The lowest BCUT2D eigenvalue weighted by atomic mass is 10.1. The van der Waals surface area contributed by atoms with Gasteiger partial charge in [-0.05, 0) is 79.9 Å². The standard InChI is InChI=1S/C28H28ClFN6O2/c29-21-4-3-19(30)13-17(21)5-7-31-22-6-8-32-27(37)25(22)26-33-23-14-18-16-36(12-11-35-9-1-2-10-35)28(38)20(18)15-24(23)34-26/h3-4,6,8,13-15H,1-2,5,7,9-12,16H2,(H,33,34)(H2,31,32,37). The van der Waals surface area contributed by atoms with Gasteiger partial charge in [0.15, 0.2) is 0 Å². The number of aromatic amines is 2. The third-order valence-electron chi connectivity index (χ3n) is 7.39. The SMILES string of the molecule is O=C1c2cc3nc(-c4c(NCCc5cc(F)ccc5Cl)cc[nH]c4=O)[nH]c3cc2CN1CCN1CCCC1. The van der Waals surface area contributed by atoms with Crippen LogP contribution in [0.4, 0.5) is 10.1 Å². The van der Waals surface area contributed by atoms with Gasteiger partial charge in [0.05, 0.1) is 16.7 Å². The molecule has 1 amide bonds. The van der Waals surface area contributed by atoms with E-state index in [0.29, 0.717) is 58.3 Å². The Morgan fingerprint density at radius 1 is 1.08 bits per heavy atom. The lowest BCUT2D eigenvalue weighted by molar-refractivity contribution is 0.0763. The highest BCUT2D eigenvalue weighted by atomic mass is 35.5. The van der Waals surface area contributed by atoms with Crippen LogP contribution in [0.1, 0.15) is 34.3 Å². The highest BCUT2D eigenvalue weighted by molar-refractivity contribution is 6.31. The molecule has 3 N–H and O–H groups in total. The fourth-order valence-corrected chi connectivity index (χ4v) is 5.59. The number of hydrogen-bond donors (Lipinski definition) is 3. The van der Waals surface area contributed by atoms with Crippen LogP contribution in [0.5, 0.6) is 0 Å². The van der Waals surface area contributed by atoms with Crippen molar-refractivity contribution in [3.63, 3.8) is 0 Å². The minimum Gasteiger partial charge on any atom is -0.384 e. The zero-order valence-corrected chi connectivity index (χ0v) is 21.6. The number of hydrogen-bond acceptors (Lipinski definition) is 5. The highest BCUT2D eigenvalue weighted by Crippen LogP contribution is 2.30. The first kappa shape index (κ1) is 24.6. The second kappa shape index (κ2) is 10.2. The number of rotatable bonds is 8. The second-order valence-corrected chi connectivity index (χ2v) is 10.3. The fourth-order valence-electron chi connectivity index (χ4n) is 5.37. The second-order valence-electron chi connectivity index (χ2n) is 9.90. The van der Waals surface area contributed by atoms with Gasteiger partial charge in [0, 0.05) is 43.0 Å². The van der Waals surface area contributed by atoms with E-state index in [4.69, 9.17) is 11.6 Å². The van der Waals surface area contributed by atoms with E-state index in [9.17, 15) is 14.0 Å². The van der Waals surface area contributed by atoms with Crippen LogP contribution in [-0.4, -0.2) is 63.4 Å². The van der Waals surface area contributed by atoms with Gasteiger partial charge in [-0.2, -0.15) is 0 Å². The van der Waals surface area contributed by atoms with E-state index in [2.05, 4.69) is 25.2 Å². The number of pyridine rings is 1. The van der Waals surface area contributed by atoms with Crippen molar-refractivity contribution in [3.8, 4) is 11.4 Å². The topological polar surface area (TPSA) is 97.1 Å². The Morgan fingerprint density at radius 2 is 1.92 bits per heavy atom. The number of nitrogens with one attached hydrogen (secondary N) is 3. The van der Waals surface area contributed by atoms with Crippen molar-refractivity contribution in [1.82, 2.24) is 24.8 Å². The van der Waals surface area contributed by atoms with Gasteiger partial charge in [-0.15, -0.1) is 0 Å². The van der Waals surface area contributed by atoms with Crippen molar-refractivity contribution in [2.75, 3.05) is 38.0 Å². The zero-order valence-electron chi connectivity index (χ0n) is 20.8. The van der Waals surface area contributed by atoms with Crippen molar-refractivity contribution < 1.29 is 9.18 Å². The molecule has 0 bridgehead atoms. The Hall–Kier alpha value is -3.69. The van der Waals surface area contributed by atoms with Crippen LogP contribution in [0.25, 0.3) is 22.4 Å². The summed E-state index contributed by atoms with van der Waals surface area (Å²) >= 11 is 6.19. The monoisotopic (exact) mass is 534 g/mol. The van der Waals surface area contributed by atoms with E-state index < -0.39 is 0 Å². The van der Waals surface area contributed by atoms with E-state index in [1.165, 1.54) is 31.0 Å². The molecule has 2 aromatic carbocycles. The maximum atomic E-state index is 13.6. The summed E-state index contributed by atoms with van der Waals surface area (Å²) in [5.74, 6) is 0.0975. The molecule has 2 aromatic heterocycles. The van der Waals surface area contributed by atoms with Crippen molar-refractivity contribution in [1.29, 1.82) is 0 Å². The minimum atomic E-state index is -0.344. The van der Waals surface area contributed by atoms with Crippen LogP contribution >= 0.6 is 11.6 Å². The van der Waals surface area contributed by atoms with Crippen LogP contribution in [0.2, 0.25) is 5.02 Å². The first-order chi connectivity index (χ1) is 18.5. The normalized spacial score (nSPS) is 15.5. The van der Waals surface area contributed by atoms with Crippen molar-refractivity contribution in [2.24, 2.45) is 0 Å². The molecule has 0 spiro atoms. The average molecular weight is 535 g/mol. The van der Waals surface area contributed by atoms with Gasteiger partial charge in [0.1, 0.15) is 17.2 Å². The number of nitrogens with zero attached hydrogens (tertiary/aromatic N) is 3. The third kappa shape index (κ3) is 4.79. The van der Waals surface area contributed by atoms with E-state index in [1.807, 2.05) is 17.0 Å². The largest absolute Gasteiger partial charge is 0.384 e. The first-order valence-electron chi connectivity index (χ1n) is 12.9. The summed E-state index contributed by atoms with van der Waals surface area (Å²) in [5, 5.41) is 3.76. The molecule has 4 aromatic rings. The first-order valence-corrected chi connectivity index (χ1v) is 13.3. The average Bonchev–Trinajstić information content (AvgIpc) is 3.63. The lowest BCUT2D eigenvalue weighted by Gasteiger charge is -2.20. The molecule has 0 saturated carbocycles. The third-order valence-corrected chi connectivity index (χ3v) is 7.75. The van der Waals surface area contributed by atoms with Crippen molar-refractivity contribution in [2.45, 2.75) is 25.8 Å². The van der Waals surface area contributed by atoms with Crippen molar-refractivity contribution >= 4 is 34.2 Å². The van der Waals surface area contributed by atoms with E-state index in [0.717, 1.165) is 37.3 Å². The summed E-state index contributed by atoms with van der Waals surface area (Å²) in [4.78, 5) is 40.9. The van der Waals surface area contributed by atoms with Gasteiger partial charge in [-0.3, -0.25) is 9.59 Å². The van der Waals surface area contributed by atoms with Crippen LogP contribution in [0, 0.1) is 5.82 Å². The molecule has 1 fully saturated rings. The molecule has 10 heteroatoms. The maximum absolute atomic E-state index is 13.6. The molecule has 8 nitrogen and oxygen atoms in total. The summed E-state index contributed by atoms with van der Waals surface area (Å²) < 4.78 is 13.6. The molecule has 2 aliphatic heterocycles. The van der Waals surface area contributed by atoms with E-state index in [-0.39, 0.29) is 17.3 Å². The van der Waals surface area contributed by atoms with E-state index in [1.54, 1.807) is 12.3 Å². The zero-order chi connectivity index (χ0) is 26.2. The fraction of sp³-hybridized carbons (Fsp3) is 0.321. The maximum Gasteiger partial charge on any atom is 0.261 e. The van der Waals surface area contributed by atoms with Gasteiger partial charge < -0.3 is 25.1 Å². The van der Waals surface area contributed by atoms with Gasteiger partial charge in [-0.1, -0.05) is 11.6 Å². The molecule has 1 saturated heterocycles. The lowest BCUT2D eigenvalue weighted by Crippen LogP contribution is -2.33. The molecule has 0 aliphatic carbocycles. The Morgan fingerprint density at radius 3 is 2.76 bits per heavy atom. The van der Waals surface area contributed by atoms with Crippen LogP contribution in [-0.2, 0) is 13.0 Å². The number of likely N-dealkylation sites (tertiary alicyclic amines) is 1. The van der Waals surface area contributed by atoms with Crippen LogP contribution < -0.4 is 10.9 Å². The number of carbonyl (C=O) groups is 1. The van der Waals surface area contributed by atoms with Crippen molar-refractivity contribution in [3.05, 3.63) is 80.5 Å². The van der Waals surface area contributed by atoms with E-state index >= 15 is 0 Å². The summed E-state index contributed by atoms with van der Waals surface area (Å²) in [6.07, 6.45) is 4.51. The molecular weight excluding hydrogens is 507 g/mol. The summed E-state index contributed by atoms with van der Waals surface area (Å²) in [5.41, 5.74) is 4.39. The Labute approximate surface area is 223 Å². The molecule has 38 heavy (non-hydrogen) atoms. The van der Waals surface area contributed by atoms with Gasteiger partial charge in [0.2, 0.25) is 0 Å². The molecule has 2 aliphatic rings. The summed E-state index contributed by atoms with van der Waals surface area (Å²) in [7, 11) is 0. The Kier molecular flexibility index (Phi) is 6.63. The number of anilines is 1. The number of H-pyrrole nitrogens is 2. The number of benzene rings is 2. The van der Waals surface area contributed by atoms with Gasteiger partial charge in [0.25, 0.3) is 11.5 Å². The predicted octanol–water partition coefficient (Wildman–Crippen LogP) is 4.42. The Bertz CT molecular complexity index is 1580. The molecule has 0 atom stereocenters. The van der Waals surface area contributed by atoms with Crippen LogP contribution in [0.3, 0.4) is 0 Å². The quantitative estimate of drug-likeness (QED) is 0.311. The number of aromatic nitrogens is 3. The van der Waals surface area contributed by atoms with Gasteiger partial charge in [-0.25, -0.2) is 9.37 Å². The number of halogens is 2. The smallest absolute Gasteiger partial charge is 0.261 e. The molecule has 4 heterocycles. The summed E-state index contributed by atoms with van der Waals surface area (Å²) in [6, 6.07) is 9.82. The molecule has 0 unspecified atom stereocenters. The highest BCUT2D eigenvalue weighted by Gasteiger charge is 2.29. The molecule has 6 rings (SSSR count). The van der Waals surface area contributed by atoms with Crippen LogP contribution in [0.15, 0.2) is 47.4 Å². The molecule has 0 radical (unpaired) electrons. The molecule has 196 valence electrons. The Balaban J connectivity index is 1.21. The minimum absolute atomic E-state index is 0.0292. The number of carbonyl (C=O) groups excluding carboxylic acids is 1. The number of fused-ring (bicyclic) bond motifs is 2. The predicted molar refractivity (Wildman–Crippen MR) is 146 cm³/mol. The summed E-state index contributed by atoms with van der Waals surface area (Å²) in [6.45, 7) is 4.86. The number of amides is 1.